The summed E-state index contributed by atoms with van der Waals surface area (Å²) in [6.45, 7) is 0. The Balaban J connectivity index is 1.51. The van der Waals surface area contributed by atoms with Crippen LogP contribution in [0.2, 0.25) is 5.02 Å². The Morgan fingerprint density at radius 2 is 1.82 bits per heavy atom. The van der Waals surface area contributed by atoms with Crippen LogP contribution in [0.1, 0.15) is 32.1 Å². The molecule has 2 atom stereocenters. The maximum absolute atomic E-state index is 13.1. The quantitative estimate of drug-likeness (QED) is 0.894. The van der Waals surface area contributed by atoms with Gasteiger partial charge in [-0.05, 0) is 37.5 Å². The van der Waals surface area contributed by atoms with Gasteiger partial charge in [0, 0.05) is 11.7 Å². The molecule has 0 spiro atoms. The molecular weight excluding hydrogens is 307 g/mol. The Hall–Kier alpha value is -1.62. The number of carbonyl (C=O) groups is 2. The molecule has 2 saturated carbocycles. The van der Waals surface area contributed by atoms with Crippen molar-refractivity contribution < 1.29 is 14.0 Å². The third-order valence-electron chi connectivity index (χ3n) is 4.35. The first-order chi connectivity index (χ1) is 10.5. The molecule has 2 fully saturated rings. The number of hydrogen-bond donors (Lipinski definition) is 2. The average molecular weight is 325 g/mol. The molecular formula is C16H18ClFN2O2. The van der Waals surface area contributed by atoms with Gasteiger partial charge in [0.2, 0.25) is 11.8 Å². The third-order valence-corrected chi connectivity index (χ3v) is 4.64. The summed E-state index contributed by atoms with van der Waals surface area (Å²) in [4.78, 5) is 24.2. The van der Waals surface area contributed by atoms with Crippen molar-refractivity contribution in [3.63, 3.8) is 0 Å². The molecule has 2 aliphatic rings. The predicted octanol–water partition coefficient (Wildman–Crippen LogP) is 3.11. The summed E-state index contributed by atoms with van der Waals surface area (Å²) in [6.07, 6.45) is 4.95. The van der Waals surface area contributed by atoms with Gasteiger partial charge in [0.05, 0.1) is 16.9 Å². The van der Waals surface area contributed by atoms with E-state index >= 15 is 0 Å². The van der Waals surface area contributed by atoms with Crippen LogP contribution in [0.5, 0.6) is 0 Å². The number of carbonyl (C=O) groups excluding carboxylic acids is 2. The molecule has 22 heavy (non-hydrogen) atoms. The molecule has 0 aliphatic heterocycles. The molecule has 0 radical (unpaired) electrons. The number of benzene rings is 1. The van der Waals surface area contributed by atoms with Crippen LogP contribution in [-0.2, 0) is 9.59 Å². The topological polar surface area (TPSA) is 58.2 Å². The minimum absolute atomic E-state index is 0.0239. The van der Waals surface area contributed by atoms with Crippen molar-refractivity contribution in [3.8, 4) is 0 Å². The van der Waals surface area contributed by atoms with Gasteiger partial charge < -0.3 is 10.6 Å². The van der Waals surface area contributed by atoms with E-state index in [1.54, 1.807) is 0 Å². The molecule has 0 aromatic heterocycles. The summed E-state index contributed by atoms with van der Waals surface area (Å²) in [5.41, 5.74) is 0.443. The van der Waals surface area contributed by atoms with Gasteiger partial charge in [0.1, 0.15) is 5.82 Å². The Morgan fingerprint density at radius 3 is 2.50 bits per heavy atom. The Morgan fingerprint density at radius 1 is 1.14 bits per heavy atom. The molecule has 2 aliphatic carbocycles. The summed E-state index contributed by atoms with van der Waals surface area (Å²) >= 11 is 5.68. The summed E-state index contributed by atoms with van der Waals surface area (Å²) in [5, 5.41) is 5.66. The molecule has 2 amide bonds. The monoisotopic (exact) mass is 324 g/mol. The van der Waals surface area contributed by atoms with Gasteiger partial charge in [-0.25, -0.2) is 4.39 Å². The zero-order chi connectivity index (χ0) is 15.7. The highest BCUT2D eigenvalue weighted by Crippen LogP contribution is 2.40. The molecule has 2 unspecified atom stereocenters. The van der Waals surface area contributed by atoms with E-state index < -0.39 is 5.82 Å². The fraction of sp³-hybridized carbons (Fsp3) is 0.500. The predicted molar refractivity (Wildman–Crippen MR) is 82.0 cm³/mol. The second-order valence-corrected chi connectivity index (χ2v) is 6.46. The number of nitrogens with one attached hydrogen (secondary N) is 2. The zero-order valence-corrected chi connectivity index (χ0v) is 12.8. The number of amides is 2. The van der Waals surface area contributed by atoms with E-state index in [4.69, 9.17) is 11.6 Å². The van der Waals surface area contributed by atoms with Crippen LogP contribution < -0.4 is 10.6 Å². The first kappa shape index (κ1) is 15.3. The van der Waals surface area contributed by atoms with E-state index in [1.165, 1.54) is 18.2 Å². The van der Waals surface area contributed by atoms with Gasteiger partial charge in [-0.1, -0.05) is 24.4 Å². The van der Waals surface area contributed by atoms with E-state index in [0.717, 1.165) is 25.7 Å². The summed E-state index contributed by atoms with van der Waals surface area (Å²) < 4.78 is 13.1. The third kappa shape index (κ3) is 3.40. The van der Waals surface area contributed by atoms with Crippen LogP contribution in [0, 0.1) is 17.7 Å². The van der Waals surface area contributed by atoms with Crippen molar-refractivity contribution in [2.45, 2.75) is 38.1 Å². The van der Waals surface area contributed by atoms with Gasteiger partial charge >= 0.3 is 0 Å². The minimum atomic E-state index is -0.528. The second kappa shape index (κ2) is 6.24. The number of halogens is 2. The normalized spacial score (nSPS) is 24.1. The van der Waals surface area contributed by atoms with Crippen molar-refractivity contribution in [2.75, 3.05) is 5.32 Å². The highest BCUT2D eigenvalue weighted by molar-refractivity contribution is 6.31. The number of anilines is 1. The largest absolute Gasteiger partial charge is 0.353 e. The first-order valence-electron chi connectivity index (χ1n) is 7.61. The number of rotatable bonds is 4. The average Bonchev–Trinajstić information content (AvgIpc) is 3.14. The molecule has 2 N–H and O–H groups in total. The SMILES string of the molecule is O=C(Nc1ccc(F)c(Cl)c1)C1CC1C(=O)NC1CCCC1. The lowest BCUT2D eigenvalue weighted by Gasteiger charge is -2.11. The zero-order valence-electron chi connectivity index (χ0n) is 12.1. The molecule has 0 bridgehead atoms. The van der Waals surface area contributed by atoms with E-state index in [9.17, 15) is 14.0 Å². The van der Waals surface area contributed by atoms with E-state index in [1.807, 2.05) is 0 Å². The van der Waals surface area contributed by atoms with Crippen molar-refractivity contribution in [1.82, 2.24) is 5.32 Å². The van der Waals surface area contributed by atoms with Gasteiger partial charge in [-0.15, -0.1) is 0 Å². The molecule has 3 rings (SSSR count). The lowest BCUT2D eigenvalue weighted by molar-refractivity contribution is -0.125. The lowest BCUT2D eigenvalue weighted by Crippen LogP contribution is -2.34. The molecule has 0 saturated heterocycles. The van der Waals surface area contributed by atoms with Gasteiger partial charge in [-0.3, -0.25) is 9.59 Å². The Labute approximate surface area is 133 Å². The van der Waals surface area contributed by atoms with E-state index in [0.29, 0.717) is 12.1 Å². The second-order valence-electron chi connectivity index (χ2n) is 6.06. The van der Waals surface area contributed by atoms with E-state index in [2.05, 4.69) is 10.6 Å². The summed E-state index contributed by atoms with van der Waals surface area (Å²) in [6, 6.07) is 4.29. The minimum Gasteiger partial charge on any atom is -0.353 e. The summed E-state index contributed by atoms with van der Waals surface area (Å²) in [7, 11) is 0. The number of hydrogen-bond acceptors (Lipinski definition) is 2. The van der Waals surface area contributed by atoms with Crippen molar-refractivity contribution in [2.24, 2.45) is 11.8 Å². The highest BCUT2D eigenvalue weighted by atomic mass is 35.5. The van der Waals surface area contributed by atoms with Crippen molar-refractivity contribution in [3.05, 3.63) is 29.0 Å². The van der Waals surface area contributed by atoms with Gasteiger partial charge in [-0.2, -0.15) is 0 Å². The van der Waals surface area contributed by atoms with Crippen LogP contribution in [0.15, 0.2) is 18.2 Å². The van der Waals surface area contributed by atoms with Crippen LogP contribution >= 0.6 is 11.6 Å². The molecule has 0 heterocycles. The highest BCUT2D eigenvalue weighted by Gasteiger charge is 2.48. The van der Waals surface area contributed by atoms with Crippen molar-refractivity contribution >= 4 is 29.1 Å². The van der Waals surface area contributed by atoms with Gasteiger partial charge in [0.15, 0.2) is 0 Å². The maximum Gasteiger partial charge on any atom is 0.228 e. The molecule has 6 heteroatoms. The fourth-order valence-electron chi connectivity index (χ4n) is 2.96. The summed E-state index contributed by atoms with van der Waals surface area (Å²) in [5.74, 6) is -1.31. The molecule has 1 aromatic carbocycles. The van der Waals surface area contributed by atoms with Crippen LogP contribution in [0.4, 0.5) is 10.1 Å². The standard InChI is InChI=1S/C16H18ClFN2O2/c17-13-7-10(5-6-14(13)18)20-16(22)12-8-11(12)15(21)19-9-3-1-2-4-9/h5-7,9,11-12H,1-4,8H2,(H,19,21)(H,20,22). The Bertz CT molecular complexity index is 602. The van der Waals surface area contributed by atoms with Crippen molar-refractivity contribution in [1.29, 1.82) is 0 Å². The first-order valence-corrected chi connectivity index (χ1v) is 7.98. The van der Waals surface area contributed by atoms with Gasteiger partial charge in [0.25, 0.3) is 0 Å². The molecule has 4 nitrogen and oxygen atoms in total. The molecule has 1 aromatic rings. The van der Waals surface area contributed by atoms with Crippen LogP contribution in [0.25, 0.3) is 0 Å². The van der Waals surface area contributed by atoms with Crippen LogP contribution in [-0.4, -0.2) is 17.9 Å². The molecule has 118 valence electrons. The fourth-order valence-corrected chi connectivity index (χ4v) is 3.14. The maximum atomic E-state index is 13.1. The Kier molecular flexibility index (Phi) is 4.34. The smallest absolute Gasteiger partial charge is 0.228 e. The lowest BCUT2D eigenvalue weighted by atomic mass is 10.2. The van der Waals surface area contributed by atoms with E-state index in [-0.39, 0.29) is 34.7 Å². The van der Waals surface area contributed by atoms with Crippen LogP contribution in [0.3, 0.4) is 0 Å².